The van der Waals surface area contributed by atoms with E-state index in [1.165, 1.54) is 18.3 Å². The number of amides is 1. The fraction of sp³-hybridized carbons (Fsp3) is 0.417. The highest BCUT2D eigenvalue weighted by Gasteiger charge is 2.05. The van der Waals surface area contributed by atoms with E-state index in [0.29, 0.717) is 18.7 Å². The van der Waals surface area contributed by atoms with E-state index in [2.05, 4.69) is 15.6 Å². The average molecular weight is 251 g/mol. The summed E-state index contributed by atoms with van der Waals surface area (Å²) >= 11 is 0. The average Bonchev–Trinajstić information content (AvgIpc) is 2.37. The molecule has 1 aromatic rings. The van der Waals surface area contributed by atoms with Crippen molar-refractivity contribution in [2.45, 2.75) is 19.9 Å². The summed E-state index contributed by atoms with van der Waals surface area (Å²) < 4.78 is 0. The molecule has 0 saturated heterocycles. The molecule has 0 bridgehead atoms. The van der Waals surface area contributed by atoms with Crippen LogP contribution < -0.4 is 10.6 Å². The second kappa shape index (κ2) is 7.39. The first kappa shape index (κ1) is 14.1. The second-order valence-corrected chi connectivity index (χ2v) is 3.72. The number of pyridine rings is 1. The van der Waals surface area contributed by atoms with E-state index in [9.17, 15) is 9.59 Å². The van der Waals surface area contributed by atoms with Crippen LogP contribution in [0.5, 0.6) is 0 Å². The minimum absolute atomic E-state index is 0.0847. The molecule has 1 aromatic heterocycles. The summed E-state index contributed by atoms with van der Waals surface area (Å²) in [5.41, 5.74) is 0.702. The summed E-state index contributed by atoms with van der Waals surface area (Å²) in [4.78, 5) is 26.2. The van der Waals surface area contributed by atoms with Gasteiger partial charge in [0.05, 0.1) is 17.8 Å². The van der Waals surface area contributed by atoms with Gasteiger partial charge < -0.3 is 15.7 Å². The molecule has 98 valence electrons. The van der Waals surface area contributed by atoms with Crippen molar-refractivity contribution in [1.82, 2.24) is 15.6 Å². The van der Waals surface area contributed by atoms with Gasteiger partial charge in [-0.3, -0.25) is 9.78 Å². The van der Waals surface area contributed by atoms with E-state index in [-0.39, 0.29) is 18.0 Å². The molecule has 18 heavy (non-hydrogen) atoms. The van der Waals surface area contributed by atoms with E-state index < -0.39 is 5.97 Å². The van der Waals surface area contributed by atoms with Crippen molar-refractivity contribution in [2.75, 3.05) is 13.1 Å². The van der Waals surface area contributed by atoms with E-state index >= 15 is 0 Å². The SMILES string of the molecule is CCNCCC(=O)NCc1cc(C(=O)O)ccn1. The van der Waals surface area contributed by atoms with Gasteiger partial charge in [-0.25, -0.2) is 4.79 Å². The lowest BCUT2D eigenvalue weighted by Gasteiger charge is -2.05. The fourth-order valence-electron chi connectivity index (χ4n) is 1.36. The van der Waals surface area contributed by atoms with Crippen molar-refractivity contribution in [3.05, 3.63) is 29.6 Å². The molecule has 0 unspecified atom stereocenters. The fourth-order valence-corrected chi connectivity index (χ4v) is 1.36. The van der Waals surface area contributed by atoms with Crippen LogP contribution in [0.3, 0.4) is 0 Å². The second-order valence-electron chi connectivity index (χ2n) is 3.72. The van der Waals surface area contributed by atoms with Crippen LogP contribution in [0.4, 0.5) is 0 Å². The summed E-state index contributed by atoms with van der Waals surface area (Å²) in [5, 5.41) is 14.5. The van der Waals surface area contributed by atoms with Gasteiger partial charge in [-0.05, 0) is 18.7 Å². The van der Waals surface area contributed by atoms with Crippen LogP contribution in [0.15, 0.2) is 18.3 Å². The van der Waals surface area contributed by atoms with Crippen LogP contribution in [0.2, 0.25) is 0 Å². The molecule has 6 heteroatoms. The Balaban J connectivity index is 2.41. The van der Waals surface area contributed by atoms with E-state index in [1.54, 1.807) is 0 Å². The highest BCUT2D eigenvalue weighted by molar-refractivity contribution is 5.87. The molecule has 0 aliphatic rings. The highest BCUT2D eigenvalue weighted by Crippen LogP contribution is 2.01. The third-order valence-corrected chi connectivity index (χ3v) is 2.31. The monoisotopic (exact) mass is 251 g/mol. The third-order valence-electron chi connectivity index (χ3n) is 2.31. The number of hydrogen-bond acceptors (Lipinski definition) is 4. The number of rotatable bonds is 7. The Morgan fingerprint density at radius 1 is 1.44 bits per heavy atom. The number of nitrogens with zero attached hydrogens (tertiary/aromatic N) is 1. The Morgan fingerprint density at radius 2 is 2.22 bits per heavy atom. The van der Waals surface area contributed by atoms with Gasteiger partial charge in [-0.2, -0.15) is 0 Å². The number of carboxylic acids is 1. The lowest BCUT2D eigenvalue weighted by atomic mass is 10.2. The minimum Gasteiger partial charge on any atom is -0.478 e. The number of carboxylic acid groups (broad SMARTS) is 1. The van der Waals surface area contributed by atoms with Gasteiger partial charge in [0.25, 0.3) is 0 Å². The Morgan fingerprint density at radius 3 is 2.89 bits per heavy atom. The molecule has 0 aliphatic carbocycles. The quantitative estimate of drug-likeness (QED) is 0.610. The summed E-state index contributed by atoms with van der Waals surface area (Å²) in [6.07, 6.45) is 1.82. The molecule has 6 nitrogen and oxygen atoms in total. The molecular weight excluding hydrogens is 234 g/mol. The molecule has 0 aliphatic heterocycles. The molecule has 0 atom stereocenters. The lowest BCUT2D eigenvalue weighted by molar-refractivity contribution is -0.121. The van der Waals surface area contributed by atoms with Gasteiger partial charge >= 0.3 is 5.97 Å². The number of aromatic nitrogens is 1. The number of carbonyl (C=O) groups is 2. The molecule has 0 spiro atoms. The third kappa shape index (κ3) is 4.92. The van der Waals surface area contributed by atoms with Crippen molar-refractivity contribution >= 4 is 11.9 Å². The predicted octanol–water partition coefficient (Wildman–Crippen LogP) is 0.396. The number of hydrogen-bond donors (Lipinski definition) is 3. The smallest absolute Gasteiger partial charge is 0.335 e. The first-order chi connectivity index (χ1) is 8.63. The van der Waals surface area contributed by atoms with Gasteiger partial charge in [0.2, 0.25) is 5.91 Å². The van der Waals surface area contributed by atoms with Crippen molar-refractivity contribution in [3.63, 3.8) is 0 Å². The maximum Gasteiger partial charge on any atom is 0.335 e. The Kier molecular flexibility index (Phi) is 5.79. The maximum absolute atomic E-state index is 11.4. The Hall–Kier alpha value is -1.95. The van der Waals surface area contributed by atoms with Crippen LogP contribution in [0, 0.1) is 0 Å². The standard InChI is InChI=1S/C12H17N3O3/c1-2-13-5-4-11(16)15-8-10-7-9(12(17)18)3-6-14-10/h3,6-7,13H,2,4-5,8H2,1H3,(H,15,16)(H,17,18). The van der Waals surface area contributed by atoms with Gasteiger partial charge in [-0.1, -0.05) is 6.92 Å². The summed E-state index contributed by atoms with van der Waals surface area (Å²) in [6.45, 7) is 3.67. The summed E-state index contributed by atoms with van der Waals surface area (Å²) in [7, 11) is 0. The van der Waals surface area contributed by atoms with Crippen LogP contribution in [-0.2, 0) is 11.3 Å². The van der Waals surface area contributed by atoms with Crippen molar-refractivity contribution < 1.29 is 14.7 Å². The zero-order valence-electron chi connectivity index (χ0n) is 10.3. The number of aromatic carboxylic acids is 1. The summed E-state index contributed by atoms with van der Waals surface area (Å²) in [5.74, 6) is -1.09. The van der Waals surface area contributed by atoms with Crippen LogP contribution in [0.1, 0.15) is 29.4 Å². The summed E-state index contributed by atoms with van der Waals surface area (Å²) in [6, 6.07) is 2.87. The van der Waals surface area contributed by atoms with Crippen LogP contribution in [0.25, 0.3) is 0 Å². The molecule has 0 fully saturated rings. The van der Waals surface area contributed by atoms with E-state index in [4.69, 9.17) is 5.11 Å². The first-order valence-electron chi connectivity index (χ1n) is 5.79. The van der Waals surface area contributed by atoms with Crippen molar-refractivity contribution in [3.8, 4) is 0 Å². The molecule has 1 heterocycles. The Bertz CT molecular complexity index is 421. The van der Waals surface area contributed by atoms with Gasteiger partial charge in [0, 0.05) is 19.2 Å². The lowest BCUT2D eigenvalue weighted by Crippen LogP contribution is -2.27. The van der Waals surface area contributed by atoms with Gasteiger partial charge in [-0.15, -0.1) is 0 Å². The minimum atomic E-state index is -1.00. The zero-order chi connectivity index (χ0) is 13.4. The number of nitrogens with one attached hydrogen (secondary N) is 2. The molecule has 1 amide bonds. The largest absolute Gasteiger partial charge is 0.478 e. The van der Waals surface area contributed by atoms with Crippen LogP contribution in [-0.4, -0.2) is 35.1 Å². The van der Waals surface area contributed by atoms with E-state index in [0.717, 1.165) is 6.54 Å². The van der Waals surface area contributed by atoms with Gasteiger partial charge in [0.1, 0.15) is 0 Å². The van der Waals surface area contributed by atoms with Gasteiger partial charge in [0.15, 0.2) is 0 Å². The molecule has 0 radical (unpaired) electrons. The molecule has 3 N–H and O–H groups in total. The zero-order valence-corrected chi connectivity index (χ0v) is 10.3. The topological polar surface area (TPSA) is 91.3 Å². The maximum atomic E-state index is 11.4. The molecule has 0 aromatic carbocycles. The first-order valence-corrected chi connectivity index (χ1v) is 5.79. The number of carbonyl (C=O) groups excluding carboxylic acids is 1. The highest BCUT2D eigenvalue weighted by atomic mass is 16.4. The molecule has 1 rings (SSSR count). The van der Waals surface area contributed by atoms with Crippen molar-refractivity contribution in [2.24, 2.45) is 0 Å². The van der Waals surface area contributed by atoms with Crippen molar-refractivity contribution in [1.29, 1.82) is 0 Å². The molecule has 0 saturated carbocycles. The normalized spacial score (nSPS) is 10.1. The van der Waals surface area contributed by atoms with E-state index in [1.807, 2.05) is 6.92 Å². The predicted molar refractivity (Wildman–Crippen MR) is 66.2 cm³/mol. The molecular formula is C12H17N3O3. The Labute approximate surface area is 105 Å². The van der Waals surface area contributed by atoms with Crippen LogP contribution >= 0.6 is 0 Å².